The molecule has 10 rings (SSSR count). The van der Waals surface area contributed by atoms with Crippen molar-refractivity contribution in [2.24, 2.45) is 0 Å². The second-order valence-corrected chi connectivity index (χ2v) is 12.9. The Balaban J connectivity index is 1.19. The van der Waals surface area contributed by atoms with E-state index >= 15 is 0 Å². The number of benzene rings is 9. The summed E-state index contributed by atoms with van der Waals surface area (Å²) in [6.45, 7) is 0. The van der Waals surface area contributed by atoms with Crippen LogP contribution in [0.2, 0.25) is 0 Å². The molecule has 1 aromatic heterocycles. The van der Waals surface area contributed by atoms with Crippen LogP contribution in [0.3, 0.4) is 0 Å². The SMILES string of the molecule is c1ccc(-c2ccc(N(c3ccc4c(c3)oc3c5ccccc5ccc43)c3ccc(-c4cccc5ccccc45)c4ccccc34)cc2)cc1. The zero-order chi connectivity index (χ0) is 33.0. The Morgan fingerprint density at radius 3 is 1.76 bits per heavy atom. The average Bonchev–Trinajstić information content (AvgIpc) is 3.57. The normalized spacial score (nSPS) is 11.6. The van der Waals surface area contributed by atoms with Crippen LogP contribution in [-0.4, -0.2) is 0 Å². The van der Waals surface area contributed by atoms with Gasteiger partial charge in [0.2, 0.25) is 0 Å². The zero-order valence-corrected chi connectivity index (χ0v) is 27.3. The Morgan fingerprint density at radius 1 is 0.340 bits per heavy atom. The van der Waals surface area contributed by atoms with Gasteiger partial charge in [0.15, 0.2) is 0 Å². The van der Waals surface area contributed by atoms with Gasteiger partial charge in [-0.1, -0.05) is 146 Å². The van der Waals surface area contributed by atoms with Gasteiger partial charge in [0.05, 0.1) is 5.69 Å². The number of rotatable bonds is 5. The van der Waals surface area contributed by atoms with Gasteiger partial charge in [0, 0.05) is 39.0 Å². The van der Waals surface area contributed by atoms with Crippen LogP contribution >= 0.6 is 0 Å². The van der Waals surface area contributed by atoms with Gasteiger partial charge in [-0.05, 0) is 80.2 Å². The summed E-state index contributed by atoms with van der Waals surface area (Å²) in [5.41, 5.74) is 9.87. The van der Waals surface area contributed by atoms with Gasteiger partial charge >= 0.3 is 0 Å². The summed E-state index contributed by atoms with van der Waals surface area (Å²) in [7, 11) is 0. The molecule has 1 heterocycles. The molecule has 0 N–H and O–H groups in total. The van der Waals surface area contributed by atoms with Gasteiger partial charge in [-0.2, -0.15) is 0 Å². The number of anilines is 3. The van der Waals surface area contributed by atoms with Gasteiger partial charge in [-0.25, -0.2) is 0 Å². The second-order valence-electron chi connectivity index (χ2n) is 12.9. The summed E-state index contributed by atoms with van der Waals surface area (Å²) in [5.74, 6) is 0. The fourth-order valence-electron chi connectivity index (χ4n) is 7.67. The molecule has 234 valence electrons. The molecule has 0 unspecified atom stereocenters. The van der Waals surface area contributed by atoms with Gasteiger partial charge in [0.1, 0.15) is 11.2 Å². The molecule has 10 aromatic rings. The highest BCUT2D eigenvalue weighted by atomic mass is 16.3. The van der Waals surface area contributed by atoms with E-state index in [1.165, 1.54) is 49.2 Å². The summed E-state index contributed by atoms with van der Waals surface area (Å²) in [6, 6.07) is 67.5. The van der Waals surface area contributed by atoms with Crippen LogP contribution in [0.1, 0.15) is 0 Å². The molecule has 0 fully saturated rings. The van der Waals surface area contributed by atoms with E-state index in [0.29, 0.717) is 0 Å². The van der Waals surface area contributed by atoms with Crippen molar-refractivity contribution < 1.29 is 4.42 Å². The summed E-state index contributed by atoms with van der Waals surface area (Å²) in [5, 5.41) is 9.45. The Bertz CT molecular complexity index is 2860. The molecule has 0 aliphatic carbocycles. The van der Waals surface area contributed by atoms with Crippen molar-refractivity contribution in [3.05, 3.63) is 188 Å². The lowest BCUT2D eigenvalue weighted by atomic mass is 9.93. The molecular formula is C48H31NO. The number of furan rings is 1. The highest BCUT2D eigenvalue weighted by molar-refractivity contribution is 6.16. The third-order valence-electron chi connectivity index (χ3n) is 10.1. The third kappa shape index (κ3) is 4.57. The lowest BCUT2D eigenvalue weighted by molar-refractivity contribution is 0.672. The first-order chi connectivity index (χ1) is 24.8. The van der Waals surface area contributed by atoms with Crippen molar-refractivity contribution in [1.29, 1.82) is 0 Å². The summed E-state index contributed by atoms with van der Waals surface area (Å²) in [4.78, 5) is 2.37. The van der Waals surface area contributed by atoms with Crippen molar-refractivity contribution in [3.63, 3.8) is 0 Å². The van der Waals surface area contributed by atoms with Crippen LogP contribution in [-0.2, 0) is 0 Å². The molecule has 0 aliphatic rings. The molecule has 2 heteroatoms. The van der Waals surface area contributed by atoms with Gasteiger partial charge in [-0.15, -0.1) is 0 Å². The van der Waals surface area contributed by atoms with E-state index in [1.54, 1.807) is 0 Å². The fourth-order valence-corrected chi connectivity index (χ4v) is 7.67. The minimum absolute atomic E-state index is 0.872. The topological polar surface area (TPSA) is 16.4 Å². The van der Waals surface area contributed by atoms with Crippen molar-refractivity contribution in [1.82, 2.24) is 0 Å². The van der Waals surface area contributed by atoms with E-state index in [2.05, 4.69) is 193 Å². The fraction of sp³-hybridized carbons (Fsp3) is 0. The maximum absolute atomic E-state index is 6.68. The summed E-state index contributed by atoms with van der Waals surface area (Å²) in [6.07, 6.45) is 0. The standard InChI is InChI=1S/C48H31NO/c1-2-11-32(12-3-1)33-21-24-36(25-22-33)49(37-26-28-44-45-27-23-35-14-5-7-17-39(35)48(45)50-47(44)31-37)46-30-29-42(41-18-8-9-19-43(41)46)40-20-10-15-34-13-4-6-16-38(34)40/h1-31H. The van der Waals surface area contributed by atoms with Gasteiger partial charge in [-0.3, -0.25) is 0 Å². The maximum atomic E-state index is 6.68. The molecule has 0 atom stereocenters. The maximum Gasteiger partial charge on any atom is 0.143 e. The van der Waals surface area contributed by atoms with Gasteiger partial charge in [0.25, 0.3) is 0 Å². The van der Waals surface area contributed by atoms with Gasteiger partial charge < -0.3 is 9.32 Å². The molecule has 0 aliphatic heterocycles. The van der Waals surface area contributed by atoms with Crippen LogP contribution in [0, 0.1) is 0 Å². The summed E-state index contributed by atoms with van der Waals surface area (Å²) < 4.78 is 6.68. The first kappa shape index (κ1) is 28.4. The Labute approximate surface area is 290 Å². The minimum Gasteiger partial charge on any atom is -0.455 e. The highest BCUT2D eigenvalue weighted by Gasteiger charge is 2.20. The number of fused-ring (bicyclic) bond motifs is 7. The lowest BCUT2D eigenvalue weighted by Gasteiger charge is -2.28. The molecule has 2 nitrogen and oxygen atoms in total. The highest BCUT2D eigenvalue weighted by Crippen LogP contribution is 2.45. The predicted molar refractivity (Wildman–Crippen MR) is 212 cm³/mol. The number of hydrogen-bond acceptors (Lipinski definition) is 2. The number of hydrogen-bond donors (Lipinski definition) is 0. The molecule has 9 aromatic carbocycles. The van der Waals surface area contributed by atoms with E-state index in [9.17, 15) is 0 Å². The second kappa shape index (κ2) is 11.5. The Morgan fingerprint density at radius 2 is 0.940 bits per heavy atom. The average molecular weight is 638 g/mol. The van der Waals surface area contributed by atoms with E-state index in [4.69, 9.17) is 4.42 Å². The first-order valence-corrected chi connectivity index (χ1v) is 17.1. The zero-order valence-electron chi connectivity index (χ0n) is 27.3. The minimum atomic E-state index is 0.872. The first-order valence-electron chi connectivity index (χ1n) is 17.1. The molecule has 0 saturated heterocycles. The predicted octanol–water partition coefficient (Wildman–Crippen LogP) is 13.8. The van der Waals surface area contributed by atoms with Crippen LogP contribution < -0.4 is 4.90 Å². The van der Waals surface area contributed by atoms with Crippen molar-refractivity contribution >= 4 is 71.3 Å². The monoisotopic (exact) mass is 637 g/mol. The van der Waals surface area contributed by atoms with Crippen molar-refractivity contribution in [2.45, 2.75) is 0 Å². The van der Waals surface area contributed by atoms with Crippen molar-refractivity contribution in [3.8, 4) is 22.3 Å². The molecular weight excluding hydrogens is 607 g/mol. The quantitative estimate of drug-likeness (QED) is 0.187. The van der Waals surface area contributed by atoms with Crippen LogP contribution in [0.5, 0.6) is 0 Å². The third-order valence-corrected chi connectivity index (χ3v) is 10.1. The Kier molecular flexibility index (Phi) is 6.53. The van der Waals surface area contributed by atoms with E-state index in [-0.39, 0.29) is 0 Å². The lowest BCUT2D eigenvalue weighted by Crippen LogP contribution is -2.10. The van der Waals surface area contributed by atoms with E-state index < -0.39 is 0 Å². The van der Waals surface area contributed by atoms with Crippen molar-refractivity contribution in [2.75, 3.05) is 4.90 Å². The molecule has 0 saturated carbocycles. The van der Waals surface area contributed by atoms with E-state index in [0.717, 1.165) is 44.4 Å². The Hall–Kier alpha value is -6.64. The number of nitrogens with zero attached hydrogens (tertiary/aromatic N) is 1. The summed E-state index contributed by atoms with van der Waals surface area (Å²) >= 11 is 0. The van der Waals surface area contributed by atoms with Crippen LogP contribution in [0.25, 0.3) is 76.5 Å². The smallest absolute Gasteiger partial charge is 0.143 e. The molecule has 0 bridgehead atoms. The largest absolute Gasteiger partial charge is 0.455 e. The molecule has 0 amide bonds. The molecule has 50 heavy (non-hydrogen) atoms. The van der Waals surface area contributed by atoms with Crippen LogP contribution in [0.15, 0.2) is 192 Å². The van der Waals surface area contributed by atoms with E-state index in [1.807, 2.05) is 0 Å². The molecule has 0 radical (unpaired) electrons. The molecule has 0 spiro atoms. The van der Waals surface area contributed by atoms with Crippen LogP contribution in [0.4, 0.5) is 17.1 Å².